The van der Waals surface area contributed by atoms with Gasteiger partial charge in [0.2, 0.25) is 0 Å². The van der Waals surface area contributed by atoms with Crippen LogP contribution in [0.5, 0.6) is 0 Å². The summed E-state index contributed by atoms with van der Waals surface area (Å²) in [4.78, 5) is 0. The third kappa shape index (κ3) is 0.898. The second-order valence-corrected chi connectivity index (χ2v) is 5.02. The second kappa shape index (κ2) is 1.80. The first kappa shape index (κ1) is 8.33. The van der Waals surface area contributed by atoms with Crippen molar-refractivity contribution in [2.24, 2.45) is 10.6 Å². The number of hydrogen-bond acceptors (Lipinski definition) is 2. The molecule has 2 fully saturated rings. The Bertz CT molecular complexity index is 320. The van der Waals surface area contributed by atoms with Gasteiger partial charge in [0.25, 0.3) is 16.1 Å². The summed E-state index contributed by atoms with van der Waals surface area (Å²) >= 11 is 0. The fourth-order valence-corrected chi connectivity index (χ4v) is 2.39. The lowest BCUT2D eigenvalue weighted by Crippen LogP contribution is -2.55. The van der Waals surface area contributed by atoms with Crippen molar-refractivity contribution in [2.75, 3.05) is 13.1 Å². The quantitative estimate of drug-likeness (QED) is 0.619. The van der Waals surface area contributed by atoms with Crippen molar-refractivity contribution in [3.63, 3.8) is 0 Å². The van der Waals surface area contributed by atoms with E-state index in [0.29, 0.717) is 0 Å². The number of alkyl halides is 2. The van der Waals surface area contributed by atoms with Gasteiger partial charge in [-0.25, -0.2) is 13.9 Å². The lowest BCUT2D eigenvalue weighted by molar-refractivity contribution is 0.0109. The largest absolute Gasteiger partial charge is 0.276 e. The molecule has 0 aromatic heterocycles. The fourth-order valence-electron chi connectivity index (χ4n) is 1.53. The van der Waals surface area contributed by atoms with Crippen LogP contribution in [0.4, 0.5) is 8.78 Å². The van der Waals surface area contributed by atoms with E-state index in [-0.39, 0.29) is 19.5 Å². The Labute approximate surface area is 68.5 Å². The third-order valence-electron chi connectivity index (χ3n) is 2.53. The summed E-state index contributed by atoms with van der Waals surface area (Å²) in [6, 6.07) is 0. The maximum absolute atomic E-state index is 12.5. The lowest BCUT2D eigenvalue weighted by atomic mass is 10.00. The topological polar surface area (TPSA) is 63.4 Å². The zero-order chi connectivity index (χ0) is 9.20. The minimum absolute atomic E-state index is 0.126. The molecule has 0 atom stereocenters. The fraction of sp³-hybridized carbons (Fsp3) is 1.00. The molecular weight excluding hydrogens is 190 g/mol. The summed E-state index contributed by atoms with van der Waals surface area (Å²) < 4.78 is 47.1. The van der Waals surface area contributed by atoms with Gasteiger partial charge < -0.3 is 0 Å². The standard InChI is InChI=1S/C5H8F2N2O2S/c6-5(7)1-4(5)2-9(3-4)12(8,10)11/h1-3H2,(H2,8,10,11). The van der Waals surface area contributed by atoms with Crippen LogP contribution in [0.2, 0.25) is 0 Å². The van der Waals surface area contributed by atoms with Crippen LogP contribution in [0.1, 0.15) is 6.42 Å². The van der Waals surface area contributed by atoms with Gasteiger partial charge in [-0.3, -0.25) is 0 Å². The highest BCUT2D eigenvalue weighted by molar-refractivity contribution is 7.86. The van der Waals surface area contributed by atoms with Crippen molar-refractivity contribution >= 4 is 10.2 Å². The van der Waals surface area contributed by atoms with Crippen molar-refractivity contribution in [3.8, 4) is 0 Å². The van der Waals surface area contributed by atoms with Crippen LogP contribution < -0.4 is 5.14 Å². The monoisotopic (exact) mass is 198 g/mol. The summed E-state index contributed by atoms with van der Waals surface area (Å²) in [5.74, 6) is -2.67. The summed E-state index contributed by atoms with van der Waals surface area (Å²) in [6.45, 7) is -0.252. The Hall–Kier alpha value is -0.270. The van der Waals surface area contributed by atoms with Gasteiger partial charge in [-0.2, -0.15) is 12.7 Å². The van der Waals surface area contributed by atoms with E-state index in [0.717, 1.165) is 4.31 Å². The van der Waals surface area contributed by atoms with Gasteiger partial charge in [-0.15, -0.1) is 0 Å². The van der Waals surface area contributed by atoms with Crippen molar-refractivity contribution < 1.29 is 17.2 Å². The molecule has 0 aromatic carbocycles. The molecule has 1 heterocycles. The summed E-state index contributed by atoms with van der Waals surface area (Å²) in [5.41, 5.74) is -1.07. The first-order chi connectivity index (χ1) is 5.27. The van der Waals surface area contributed by atoms with Gasteiger partial charge >= 0.3 is 0 Å². The Morgan fingerprint density at radius 1 is 1.33 bits per heavy atom. The molecule has 4 nitrogen and oxygen atoms in total. The van der Waals surface area contributed by atoms with Gasteiger partial charge in [-0.1, -0.05) is 0 Å². The van der Waals surface area contributed by atoms with Gasteiger partial charge in [0.05, 0.1) is 5.41 Å². The molecule has 1 saturated carbocycles. The van der Waals surface area contributed by atoms with Crippen LogP contribution >= 0.6 is 0 Å². The van der Waals surface area contributed by atoms with Crippen LogP contribution in [-0.2, 0) is 10.2 Å². The molecule has 0 bridgehead atoms. The number of nitrogens with zero attached hydrogens (tertiary/aromatic N) is 1. The third-order valence-corrected chi connectivity index (χ3v) is 3.51. The first-order valence-electron chi connectivity index (χ1n) is 3.43. The van der Waals surface area contributed by atoms with Gasteiger partial charge in [0, 0.05) is 19.5 Å². The van der Waals surface area contributed by atoms with E-state index in [1.54, 1.807) is 0 Å². The molecule has 0 radical (unpaired) electrons. The number of hydrogen-bond donors (Lipinski definition) is 1. The highest BCUT2D eigenvalue weighted by Gasteiger charge is 2.76. The molecule has 0 aromatic rings. The lowest BCUT2D eigenvalue weighted by Gasteiger charge is -2.37. The Kier molecular flexibility index (Phi) is 1.25. The molecule has 7 heteroatoms. The van der Waals surface area contributed by atoms with E-state index in [1.165, 1.54) is 0 Å². The molecule has 70 valence electrons. The van der Waals surface area contributed by atoms with Gasteiger partial charge in [-0.05, 0) is 0 Å². The number of halogens is 2. The first-order valence-corrected chi connectivity index (χ1v) is 4.93. The summed E-state index contributed by atoms with van der Waals surface area (Å²) in [6.07, 6.45) is -0.202. The van der Waals surface area contributed by atoms with Crippen LogP contribution in [0.15, 0.2) is 0 Å². The molecule has 0 amide bonds. The van der Waals surface area contributed by atoms with Crippen LogP contribution in [0.25, 0.3) is 0 Å². The van der Waals surface area contributed by atoms with Crippen molar-refractivity contribution in [1.29, 1.82) is 0 Å². The molecule has 2 N–H and O–H groups in total. The van der Waals surface area contributed by atoms with E-state index < -0.39 is 21.5 Å². The number of nitrogens with two attached hydrogens (primary N) is 1. The van der Waals surface area contributed by atoms with E-state index in [2.05, 4.69) is 0 Å². The predicted molar refractivity (Wildman–Crippen MR) is 36.7 cm³/mol. The summed E-state index contributed by atoms with van der Waals surface area (Å²) in [5, 5.41) is 4.73. The van der Waals surface area contributed by atoms with Crippen LogP contribution in [0.3, 0.4) is 0 Å². The van der Waals surface area contributed by atoms with Crippen LogP contribution in [0, 0.1) is 5.41 Å². The highest BCUT2D eigenvalue weighted by Crippen LogP contribution is 2.65. The molecule has 2 aliphatic rings. The number of rotatable bonds is 1. The Morgan fingerprint density at radius 2 is 1.75 bits per heavy atom. The van der Waals surface area contributed by atoms with E-state index >= 15 is 0 Å². The van der Waals surface area contributed by atoms with Crippen molar-refractivity contribution in [1.82, 2.24) is 4.31 Å². The molecule has 1 aliphatic heterocycles. The zero-order valence-electron chi connectivity index (χ0n) is 6.13. The smallest absolute Gasteiger partial charge is 0.216 e. The summed E-state index contributed by atoms with van der Waals surface area (Å²) in [7, 11) is -3.75. The maximum atomic E-state index is 12.5. The molecule has 0 unspecified atom stereocenters. The normalized spacial score (nSPS) is 31.6. The van der Waals surface area contributed by atoms with Gasteiger partial charge in [0.1, 0.15) is 0 Å². The average Bonchev–Trinajstić information content (AvgIpc) is 2.27. The second-order valence-electron chi connectivity index (χ2n) is 3.47. The van der Waals surface area contributed by atoms with E-state index in [9.17, 15) is 17.2 Å². The molecule has 12 heavy (non-hydrogen) atoms. The average molecular weight is 198 g/mol. The van der Waals surface area contributed by atoms with E-state index in [1.807, 2.05) is 0 Å². The molecule has 2 rings (SSSR count). The van der Waals surface area contributed by atoms with Gasteiger partial charge in [0.15, 0.2) is 0 Å². The minimum atomic E-state index is -3.75. The zero-order valence-corrected chi connectivity index (χ0v) is 6.94. The Morgan fingerprint density at radius 3 is 2.00 bits per heavy atom. The Balaban J connectivity index is 2.03. The molecular formula is C5H8F2N2O2S. The van der Waals surface area contributed by atoms with E-state index in [4.69, 9.17) is 5.14 Å². The predicted octanol–water partition coefficient (Wildman–Crippen LogP) is -0.469. The van der Waals surface area contributed by atoms with Crippen LogP contribution in [-0.4, -0.2) is 31.7 Å². The highest BCUT2D eigenvalue weighted by atomic mass is 32.2. The SMILES string of the molecule is NS(=O)(=O)N1CC2(C1)CC2(F)F. The maximum Gasteiger partial charge on any atom is 0.276 e. The molecule has 1 aliphatic carbocycles. The minimum Gasteiger partial charge on any atom is -0.216 e. The molecule has 1 spiro atoms. The van der Waals surface area contributed by atoms with Crippen molar-refractivity contribution in [2.45, 2.75) is 12.3 Å². The van der Waals surface area contributed by atoms with Crippen molar-refractivity contribution in [3.05, 3.63) is 0 Å². The molecule has 1 saturated heterocycles.